The molecule has 4 nitrogen and oxygen atoms in total. The number of imidazole rings is 1. The maximum absolute atomic E-state index is 11.3. The van der Waals surface area contributed by atoms with Gasteiger partial charge in [-0.3, -0.25) is 0 Å². The lowest BCUT2D eigenvalue weighted by atomic mass is 10.0. The number of nitrogens with one attached hydrogen (secondary N) is 2. The number of halogens is 3. The van der Waals surface area contributed by atoms with Crippen LogP contribution >= 0.6 is 50.5 Å². The molecule has 0 saturated heterocycles. The predicted octanol–water partition coefficient (Wildman–Crippen LogP) is 4.07. The van der Waals surface area contributed by atoms with E-state index in [1.165, 1.54) is 11.3 Å². The summed E-state index contributed by atoms with van der Waals surface area (Å²) < 4.78 is 1.62. The Morgan fingerprint density at radius 3 is 2.40 bits per heavy atom. The lowest BCUT2D eigenvalue weighted by Crippen LogP contribution is -2.00. The molecule has 0 aliphatic heterocycles. The fraction of sp³-hybridized carbons (Fsp3) is 0.0833. The number of aliphatic hydroxyl groups excluding tert-OH is 1. The van der Waals surface area contributed by atoms with Crippen molar-refractivity contribution in [3.8, 4) is 0 Å². The first-order valence-electron chi connectivity index (χ1n) is 5.50. The zero-order valence-corrected chi connectivity index (χ0v) is 13.6. The number of H-pyrrole nitrogens is 2. The van der Waals surface area contributed by atoms with E-state index in [9.17, 15) is 9.90 Å². The van der Waals surface area contributed by atoms with Crippen molar-refractivity contribution in [2.45, 2.75) is 6.10 Å². The van der Waals surface area contributed by atoms with E-state index in [0.717, 1.165) is 0 Å². The molecule has 0 fully saturated rings. The molecule has 1 aromatic carbocycles. The molecule has 2 aromatic heterocycles. The lowest BCUT2D eigenvalue weighted by molar-refractivity contribution is 0.220. The van der Waals surface area contributed by atoms with Gasteiger partial charge in [0.25, 0.3) is 0 Å². The van der Waals surface area contributed by atoms with Crippen molar-refractivity contribution in [3.63, 3.8) is 0 Å². The number of aromatic amines is 2. The van der Waals surface area contributed by atoms with Crippen LogP contribution < -0.4 is 5.69 Å². The minimum Gasteiger partial charge on any atom is -0.384 e. The van der Waals surface area contributed by atoms with Crippen LogP contribution in [0.4, 0.5) is 0 Å². The SMILES string of the molecule is O=c1[nH]c2cc(Br)c(C(O)c3cc(Cl)sc3Cl)cc2[nH]1. The predicted molar refractivity (Wildman–Crippen MR) is 85.0 cm³/mol. The number of aliphatic hydroxyl groups is 1. The van der Waals surface area contributed by atoms with Crippen LogP contribution in [0, 0.1) is 0 Å². The maximum atomic E-state index is 11.3. The minimum atomic E-state index is -0.927. The van der Waals surface area contributed by atoms with Crippen LogP contribution in [0.15, 0.2) is 27.5 Å². The fourth-order valence-electron chi connectivity index (χ4n) is 1.99. The summed E-state index contributed by atoms with van der Waals surface area (Å²) in [5.41, 5.74) is 2.12. The highest BCUT2D eigenvalue weighted by Crippen LogP contribution is 2.39. The van der Waals surface area contributed by atoms with Gasteiger partial charge in [0.05, 0.1) is 15.4 Å². The van der Waals surface area contributed by atoms with Gasteiger partial charge in [0.2, 0.25) is 0 Å². The van der Waals surface area contributed by atoms with E-state index < -0.39 is 6.10 Å². The monoisotopic (exact) mass is 392 g/mol. The highest BCUT2D eigenvalue weighted by Gasteiger charge is 2.20. The van der Waals surface area contributed by atoms with Crippen molar-refractivity contribution in [1.29, 1.82) is 0 Å². The summed E-state index contributed by atoms with van der Waals surface area (Å²) in [5.74, 6) is 0. The van der Waals surface area contributed by atoms with Gasteiger partial charge in [-0.1, -0.05) is 39.1 Å². The van der Waals surface area contributed by atoms with Gasteiger partial charge in [0.15, 0.2) is 0 Å². The second kappa shape index (κ2) is 5.20. The van der Waals surface area contributed by atoms with Crippen molar-refractivity contribution in [2.75, 3.05) is 0 Å². The number of rotatable bonds is 2. The molecule has 104 valence electrons. The summed E-state index contributed by atoms with van der Waals surface area (Å²) in [6.07, 6.45) is -0.927. The molecule has 0 bridgehead atoms. The molecule has 0 saturated carbocycles. The quantitative estimate of drug-likeness (QED) is 0.614. The first-order chi connectivity index (χ1) is 9.45. The number of fused-ring (bicyclic) bond motifs is 1. The number of benzene rings is 1. The average Bonchev–Trinajstić information content (AvgIpc) is 2.88. The summed E-state index contributed by atoms with van der Waals surface area (Å²) in [6, 6.07) is 5.06. The fourth-order valence-corrected chi connectivity index (χ4v) is 4.07. The Kier molecular flexibility index (Phi) is 3.68. The van der Waals surface area contributed by atoms with Crippen LogP contribution in [0.2, 0.25) is 8.67 Å². The molecule has 2 heterocycles. The van der Waals surface area contributed by atoms with E-state index in [2.05, 4.69) is 25.9 Å². The number of aromatic nitrogens is 2. The number of hydrogen-bond acceptors (Lipinski definition) is 3. The van der Waals surface area contributed by atoms with Gasteiger partial charge in [0.1, 0.15) is 10.4 Å². The summed E-state index contributed by atoms with van der Waals surface area (Å²) in [5, 5.41) is 10.5. The molecule has 1 atom stereocenters. The van der Waals surface area contributed by atoms with E-state index >= 15 is 0 Å². The van der Waals surface area contributed by atoms with Crippen LogP contribution in [0.3, 0.4) is 0 Å². The third-order valence-electron chi connectivity index (χ3n) is 2.91. The molecule has 20 heavy (non-hydrogen) atoms. The minimum absolute atomic E-state index is 0.296. The summed E-state index contributed by atoms with van der Waals surface area (Å²) in [4.78, 5) is 16.6. The summed E-state index contributed by atoms with van der Waals surface area (Å²) >= 11 is 16.5. The van der Waals surface area contributed by atoms with Gasteiger partial charge in [-0.2, -0.15) is 0 Å². The molecule has 1 unspecified atom stereocenters. The summed E-state index contributed by atoms with van der Waals surface area (Å²) in [6.45, 7) is 0. The van der Waals surface area contributed by atoms with E-state index in [-0.39, 0.29) is 5.69 Å². The molecule has 0 aliphatic carbocycles. The molecule has 0 spiro atoms. The molecule has 0 aliphatic rings. The normalized spacial score (nSPS) is 13.0. The van der Waals surface area contributed by atoms with E-state index in [0.29, 0.717) is 35.3 Å². The first kappa shape index (κ1) is 14.2. The topological polar surface area (TPSA) is 68.9 Å². The van der Waals surface area contributed by atoms with Crippen molar-refractivity contribution in [2.24, 2.45) is 0 Å². The Morgan fingerprint density at radius 2 is 1.80 bits per heavy atom. The lowest BCUT2D eigenvalue weighted by Gasteiger charge is -2.12. The van der Waals surface area contributed by atoms with Gasteiger partial charge >= 0.3 is 5.69 Å². The Morgan fingerprint density at radius 1 is 1.15 bits per heavy atom. The van der Waals surface area contributed by atoms with Crippen LogP contribution in [0.25, 0.3) is 11.0 Å². The zero-order chi connectivity index (χ0) is 14.4. The molecular weight excluding hydrogens is 387 g/mol. The Hall–Kier alpha value is -0.790. The van der Waals surface area contributed by atoms with Crippen molar-refractivity contribution >= 4 is 61.5 Å². The number of thiophene rings is 1. The Labute approximate surface area is 135 Å². The molecule has 3 aromatic rings. The van der Waals surface area contributed by atoms with Crippen LogP contribution in [0.5, 0.6) is 0 Å². The van der Waals surface area contributed by atoms with Crippen molar-refractivity contribution in [3.05, 3.63) is 53.0 Å². The third kappa shape index (κ3) is 2.42. The van der Waals surface area contributed by atoms with Crippen LogP contribution in [0.1, 0.15) is 17.2 Å². The van der Waals surface area contributed by atoms with E-state index in [4.69, 9.17) is 23.2 Å². The molecule has 8 heteroatoms. The first-order valence-corrected chi connectivity index (χ1v) is 7.86. The zero-order valence-electron chi connectivity index (χ0n) is 9.71. The molecular formula is C12H7BrCl2N2O2S. The third-order valence-corrected chi connectivity index (χ3v) is 5.11. The van der Waals surface area contributed by atoms with E-state index in [1.54, 1.807) is 18.2 Å². The maximum Gasteiger partial charge on any atom is 0.323 e. The molecule has 0 radical (unpaired) electrons. The second-order valence-electron chi connectivity index (χ2n) is 4.18. The Bertz CT molecular complexity index is 855. The highest BCUT2D eigenvalue weighted by molar-refractivity contribution is 9.10. The van der Waals surface area contributed by atoms with Crippen LogP contribution in [-0.4, -0.2) is 15.1 Å². The Balaban J connectivity index is 2.15. The molecule has 3 rings (SSSR count). The average molecular weight is 394 g/mol. The molecule has 0 amide bonds. The van der Waals surface area contributed by atoms with Crippen molar-refractivity contribution in [1.82, 2.24) is 9.97 Å². The number of hydrogen-bond donors (Lipinski definition) is 3. The van der Waals surface area contributed by atoms with Gasteiger partial charge < -0.3 is 15.1 Å². The van der Waals surface area contributed by atoms with Gasteiger partial charge in [0, 0.05) is 15.6 Å². The molecule has 3 N–H and O–H groups in total. The smallest absolute Gasteiger partial charge is 0.323 e. The summed E-state index contributed by atoms with van der Waals surface area (Å²) in [7, 11) is 0. The highest BCUT2D eigenvalue weighted by atomic mass is 79.9. The van der Waals surface area contributed by atoms with Crippen molar-refractivity contribution < 1.29 is 5.11 Å². The van der Waals surface area contributed by atoms with Gasteiger partial charge in [-0.15, -0.1) is 11.3 Å². The van der Waals surface area contributed by atoms with Crippen LogP contribution in [-0.2, 0) is 0 Å². The largest absolute Gasteiger partial charge is 0.384 e. The van der Waals surface area contributed by atoms with Gasteiger partial charge in [-0.05, 0) is 18.2 Å². The standard InChI is InChI=1S/C12H7BrCl2N2O2S/c13-6-3-8-7(16-12(19)17-8)1-4(6)10(18)5-2-9(14)20-11(5)15/h1-3,10,18H,(H2,16,17,19). The van der Waals surface area contributed by atoms with Gasteiger partial charge in [-0.25, -0.2) is 4.79 Å². The second-order valence-corrected chi connectivity index (χ2v) is 7.32. The van der Waals surface area contributed by atoms with E-state index in [1.807, 2.05) is 0 Å².